The Morgan fingerprint density at radius 1 is 1.33 bits per heavy atom. The summed E-state index contributed by atoms with van der Waals surface area (Å²) in [5.74, 6) is 0.874. The first-order valence-corrected chi connectivity index (χ1v) is 9.14. The number of hydrogen-bond acceptors (Lipinski definition) is 6. The highest BCUT2D eigenvalue weighted by molar-refractivity contribution is 7.89. The van der Waals surface area contributed by atoms with Crippen molar-refractivity contribution in [3.05, 3.63) is 40.8 Å². The van der Waals surface area contributed by atoms with Crippen LogP contribution in [0.25, 0.3) is 0 Å². The number of rotatable bonds is 5. The molecule has 0 saturated heterocycles. The molecular weight excluding hydrogens is 330 g/mol. The van der Waals surface area contributed by atoms with Crippen LogP contribution in [0.2, 0.25) is 0 Å². The molecule has 0 unspecified atom stereocenters. The first-order valence-electron chi connectivity index (χ1n) is 7.70. The van der Waals surface area contributed by atoms with Crippen LogP contribution in [0.1, 0.15) is 22.6 Å². The second-order valence-electron chi connectivity index (χ2n) is 5.95. The van der Waals surface area contributed by atoms with Crippen LogP contribution in [-0.4, -0.2) is 38.6 Å². The highest BCUT2D eigenvalue weighted by Gasteiger charge is 2.21. The van der Waals surface area contributed by atoms with Gasteiger partial charge in [0.2, 0.25) is 10.0 Å². The molecule has 0 spiro atoms. The lowest BCUT2D eigenvalue weighted by molar-refractivity contribution is 0.102. The van der Waals surface area contributed by atoms with E-state index in [2.05, 4.69) is 10.5 Å². The van der Waals surface area contributed by atoms with Gasteiger partial charge in [0.05, 0.1) is 24.7 Å². The molecule has 0 fully saturated rings. The van der Waals surface area contributed by atoms with Crippen LogP contribution in [0.4, 0.5) is 5.69 Å². The van der Waals surface area contributed by atoms with Crippen LogP contribution in [0.5, 0.6) is 0 Å². The highest BCUT2D eigenvalue weighted by atomic mass is 32.2. The maximum Gasteiger partial charge on any atom is 0.242 e. The molecule has 1 aromatic carbocycles. The van der Waals surface area contributed by atoms with E-state index in [0.29, 0.717) is 19.8 Å². The maximum atomic E-state index is 12.3. The Bertz CT molecular complexity index is 843. The Balaban J connectivity index is 1.82. The predicted octanol–water partition coefficient (Wildman–Crippen LogP) is 1.92. The van der Waals surface area contributed by atoms with E-state index in [0.717, 1.165) is 34.7 Å². The van der Waals surface area contributed by atoms with E-state index < -0.39 is 10.0 Å². The van der Waals surface area contributed by atoms with Gasteiger partial charge in [0.25, 0.3) is 0 Å². The van der Waals surface area contributed by atoms with E-state index in [9.17, 15) is 8.42 Å². The SMILES string of the molecule is Cc1ccc(S(=O)(=O)N(C)C)cc1NCc1noc2c1COCC2. The third-order valence-corrected chi connectivity index (χ3v) is 5.92. The molecule has 0 radical (unpaired) electrons. The number of sulfonamides is 1. The number of nitrogens with zero attached hydrogens (tertiary/aromatic N) is 2. The van der Waals surface area contributed by atoms with Crippen molar-refractivity contribution in [1.82, 2.24) is 9.46 Å². The fourth-order valence-corrected chi connectivity index (χ4v) is 3.49. The van der Waals surface area contributed by atoms with E-state index in [4.69, 9.17) is 9.26 Å². The van der Waals surface area contributed by atoms with Crippen molar-refractivity contribution in [2.45, 2.75) is 31.4 Å². The molecule has 24 heavy (non-hydrogen) atoms. The van der Waals surface area contributed by atoms with Gasteiger partial charge in [-0.05, 0) is 24.6 Å². The minimum Gasteiger partial charge on any atom is -0.379 e. The summed E-state index contributed by atoms with van der Waals surface area (Å²) in [6, 6.07) is 5.05. The second kappa shape index (κ2) is 6.54. The fourth-order valence-electron chi connectivity index (χ4n) is 2.56. The van der Waals surface area contributed by atoms with Crippen molar-refractivity contribution in [2.24, 2.45) is 0 Å². The molecule has 130 valence electrons. The van der Waals surface area contributed by atoms with Gasteiger partial charge in [-0.25, -0.2) is 12.7 Å². The number of hydrogen-bond donors (Lipinski definition) is 1. The van der Waals surface area contributed by atoms with Crippen LogP contribution >= 0.6 is 0 Å². The lowest BCUT2D eigenvalue weighted by Gasteiger charge is -2.15. The van der Waals surface area contributed by atoms with E-state index in [1.165, 1.54) is 18.4 Å². The quantitative estimate of drug-likeness (QED) is 0.886. The average molecular weight is 351 g/mol. The first-order chi connectivity index (χ1) is 11.4. The number of anilines is 1. The first kappa shape index (κ1) is 16.9. The van der Waals surface area contributed by atoms with Crippen molar-refractivity contribution in [1.29, 1.82) is 0 Å². The summed E-state index contributed by atoms with van der Waals surface area (Å²) in [5.41, 5.74) is 3.50. The lowest BCUT2D eigenvalue weighted by Crippen LogP contribution is -2.22. The van der Waals surface area contributed by atoms with Gasteiger partial charge in [-0.3, -0.25) is 0 Å². The van der Waals surface area contributed by atoms with Crippen LogP contribution in [0.3, 0.4) is 0 Å². The lowest BCUT2D eigenvalue weighted by atomic mass is 10.1. The van der Waals surface area contributed by atoms with Crippen molar-refractivity contribution in [2.75, 3.05) is 26.0 Å². The van der Waals surface area contributed by atoms with Crippen molar-refractivity contribution >= 4 is 15.7 Å². The molecule has 0 atom stereocenters. The van der Waals surface area contributed by atoms with E-state index >= 15 is 0 Å². The van der Waals surface area contributed by atoms with Crippen LogP contribution in [0, 0.1) is 6.92 Å². The van der Waals surface area contributed by atoms with E-state index in [1.807, 2.05) is 6.92 Å². The zero-order valence-electron chi connectivity index (χ0n) is 14.0. The maximum absolute atomic E-state index is 12.3. The van der Waals surface area contributed by atoms with Gasteiger partial charge in [0.1, 0.15) is 11.5 Å². The second-order valence-corrected chi connectivity index (χ2v) is 8.10. The van der Waals surface area contributed by atoms with Gasteiger partial charge in [0, 0.05) is 31.8 Å². The third-order valence-electron chi connectivity index (χ3n) is 4.10. The zero-order chi connectivity index (χ0) is 17.3. The van der Waals surface area contributed by atoms with Crippen molar-refractivity contribution < 1.29 is 17.7 Å². The number of benzene rings is 1. The molecule has 1 aromatic heterocycles. The Morgan fingerprint density at radius 3 is 2.88 bits per heavy atom. The standard InChI is InChI=1S/C16H21N3O4S/c1-11-4-5-12(24(20,21)19(2)3)8-14(11)17-9-15-13-10-22-7-6-16(13)23-18-15/h4-5,8,17H,6-7,9-10H2,1-3H3. The molecule has 2 heterocycles. The molecule has 0 saturated carbocycles. The molecule has 2 aromatic rings. The summed E-state index contributed by atoms with van der Waals surface area (Å²) in [4.78, 5) is 0.256. The van der Waals surface area contributed by atoms with Gasteiger partial charge in [0.15, 0.2) is 0 Å². The smallest absolute Gasteiger partial charge is 0.242 e. The van der Waals surface area contributed by atoms with Gasteiger partial charge >= 0.3 is 0 Å². The molecular formula is C16H21N3O4S. The summed E-state index contributed by atoms with van der Waals surface area (Å²) < 4.78 is 36.5. The highest BCUT2D eigenvalue weighted by Crippen LogP contribution is 2.24. The molecule has 7 nitrogen and oxygen atoms in total. The Hall–Kier alpha value is -1.90. The monoisotopic (exact) mass is 351 g/mol. The minimum atomic E-state index is -3.46. The third kappa shape index (κ3) is 3.17. The number of fused-ring (bicyclic) bond motifs is 1. The molecule has 0 amide bonds. The molecule has 0 aliphatic carbocycles. The number of nitrogens with one attached hydrogen (secondary N) is 1. The van der Waals surface area contributed by atoms with E-state index in [-0.39, 0.29) is 4.90 Å². The summed E-state index contributed by atoms with van der Waals surface area (Å²) >= 11 is 0. The molecule has 8 heteroatoms. The molecule has 1 aliphatic heterocycles. The van der Waals surface area contributed by atoms with Gasteiger partial charge in [-0.1, -0.05) is 11.2 Å². The van der Waals surface area contributed by atoms with Crippen LogP contribution in [0.15, 0.2) is 27.6 Å². The normalized spacial score (nSPS) is 14.7. The van der Waals surface area contributed by atoms with Crippen LogP contribution in [-0.2, 0) is 34.3 Å². The number of aromatic nitrogens is 1. The number of ether oxygens (including phenoxy) is 1. The summed E-state index contributed by atoms with van der Waals surface area (Å²) in [5, 5.41) is 7.35. The average Bonchev–Trinajstić information content (AvgIpc) is 2.97. The number of aryl methyl sites for hydroxylation is 1. The Morgan fingerprint density at radius 2 is 2.12 bits per heavy atom. The van der Waals surface area contributed by atoms with Crippen LogP contribution < -0.4 is 5.32 Å². The molecule has 1 N–H and O–H groups in total. The Kier molecular flexibility index (Phi) is 4.62. The van der Waals surface area contributed by atoms with Gasteiger partial charge in [-0.2, -0.15) is 0 Å². The Labute approximate surface area is 141 Å². The van der Waals surface area contributed by atoms with Gasteiger partial charge in [-0.15, -0.1) is 0 Å². The fraction of sp³-hybridized carbons (Fsp3) is 0.438. The van der Waals surface area contributed by atoms with Crippen molar-refractivity contribution in [3.63, 3.8) is 0 Å². The summed E-state index contributed by atoms with van der Waals surface area (Å²) in [7, 11) is -0.428. The largest absolute Gasteiger partial charge is 0.379 e. The summed E-state index contributed by atoms with van der Waals surface area (Å²) in [6.07, 6.45) is 0.734. The molecule has 1 aliphatic rings. The van der Waals surface area contributed by atoms with Crippen molar-refractivity contribution in [3.8, 4) is 0 Å². The minimum absolute atomic E-state index is 0.256. The topological polar surface area (TPSA) is 84.7 Å². The summed E-state index contributed by atoms with van der Waals surface area (Å²) in [6.45, 7) is 3.53. The van der Waals surface area contributed by atoms with E-state index in [1.54, 1.807) is 18.2 Å². The predicted molar refractivity (Wildman–Crippen MR) is 89.2 cm³/mol. The zero-order valence-corrected chi connectivity index (χ0v) is 14.8. The van der Waals surface area contributed by atoms with Gasteiger partial charge < -0.3 is 14.6 Å². The molecule has 3 rings (SSSR count). The molecule has 0 bridgehead atoms.